The van der Waals surface area contributed by atoms with Gasteiger partial charge in [-0.1, -0.05) is 13.8 Å². The Hall–Kier alpha value is -1.10. The molecule has 5 nitrogen and oxygen atoms in total. The van der Waals surface area contributed by atoms with Crippen LogP contribution in [0.4, 0.5) is 0 Å². The number of aliphatic hydroxyl groups excluding tert-OH is 1. The van der Waals surface area contributed by atoms with Crippen molar-refractivity contribution in [1.82, 2.24) is 0 Å². The summed E-state index contributed by atoms with van der Waals surface area (Å²) in [7, 11) is 0. The summed E-state index contributed by atoms with van der Waals surface area (Å²) in [5.74, 6) is -4.45. The second-order valence-electron chi connectivity index (χ2n) is 2.89. The molecule has 2 atom stereocenters. The van der Waals surface area contributed by atoms with E-state index in [0.717, 1.165) is 0 Å². The van der Waals surface area contributed by atoms with E-state index in [4.69, 9.17) is 15.3 Å². The highest BCUT2D eigenvalue weighted by molar-refractivity contribution is 5.81. The predicted molar refractivity (Wildman–Crippen MR) is 39.6 cm³/mol. The molecule has 70 valence electrons. The van der Waals surface area contributed by atoms with Gasteiger partial charge in [0.05, 0.1) is 5.92 Å². The van der Waals surface area contributed by atoms with Gasteiger partial charge >= 0.3 is 11.9 Å². The molecule has 0 aliphatic rings. The maximum atomic E-state index is 10.5. The lowest BCUT2D eigenvalue weighted by Crippen LogP contribution is -2.37. The summed E-state index contributed by atoms with van der Waals surface area (Å²) in [6.45, 7) is 3.09. The van der Waals surface area contributed by atoms with Crippen LogP contribution >= 0.6 is 0 Å². The molecule has 0 radical (unpaired) electrons. The van der Waals surface area contributed by atoms with E-state index in [1.165, 1.54) is 0 Å². The fourth-order valence-electron chi connectivity index (χ4n) is 0.938. The van der Waals surface area contributed by atoms with Gasteiger partial charge in [0.1, 0.15) is 0 Å². The summed E-state index contributed by atoms with van der Waals surface area (Å²) in [6.07, 6.45) is -1.83. The van der Waals surface area contributed by atoms with Crippen LogP contribution in [0.2, 0.25) is 0 Å². The molecule has 0 saturated carbocycles. The molecule has 0 spiro atoms. The van der Waals surface area contributed by atoms with Crippen LogP contribution in [0.3, 0.4) is 0 Å². The Labute approximate surface area is 69.6 Å². The smallest absolute Gasteiger partial charge is 0.333 e. The zero-order valence-corrected chi connectivity index (χ0v) is 6.89. The summed E-state index contributed by atoms with van der Waals surface area (Å²) in [5, 5.41) is 25.8. The maximum absolute atomic E-state index is 10.5. The van der Waals surface area contributed by atoms with Gasteiger partial charge in [-0.25, -0.2) is 4.79 Å². The molecule has 0 aromatic rings. The molecule has 0 bridgehead atoms. The van der Waals surface area contributed by atoms with Gasteiger partial charge < -0.3 is 15.3 Å². The number of aliphatic hydroxyl groups is 1. The Morgan fingerprint density at radius 1 is 1.08 bits per heavy atom. The molecule has 0 aliphatic carbocycles. The fraction of sp³-hybridized carbons (Fsp3) is 0.714. The van der Waals surface area contributed by atoms with Crippen LogP contribution in [-0.2, 0) is 9.59 Å². The number of hydrogen-bond acceptors (Lipinski definition) is 3. The highest BCUT2D eigenvalue weighted by atomic mass is 16.4. The topological polar surface area (TPSA) is 94.8 Å². The molecule has 0 aromatic carbocycles. The van der Waals surface area contributed by atoms with Crippen molar-refractivity contribution in [2.24, 2.45) is 11.8 Å². The summed E-state index contributed by atoms with van der Waals surface area (Å²) >= 11 is 0. The normalized spacial score (nSPS) is 15.7. The Morgan fingerprint density at radius 3 is 1.58 bits per heavy atom. The lowest BCUT2D eigenvalue weighted by molar-refractivity contribution is -0.161. The molecule has 3 N–H and O–H groups in total. The Bertz CT molecular complexity index is 186. The van der Waals surface area contributed by atoms with Gasteiger partial charge in [-0.3, -0.25) is 4.79 Å². The van der Waals surface area contributed by atoms with Gasteiger partial charge in [0.15, 0.2) is 6.10 Å². The minimum absolute atomic E-state index is 0.409. The van der Waals surface area contributed by atoms with E-state index < -0.39 is 29.9 Å². The molecule has 0 amide bonds. The molecule has 0 aromatic heterocycles. The molecular weight excluding hydrogens is 164 g/mol. The average molecular weight is 176 g/mol. The Morgan fingerprint density at radius 2 is 1.50 bits per heavy atom. The van der Waals surface area contributed by atoms with E-state index in [-0.39, 0.29) is 0 Å². The third-order valence-electron chi connectivity index (χ3n) is 1.60. The first-order valence-corrected chi connectivity index (χ1v) is 3.51. The molecule has 5 heteroatoms. The molecule has 0 rings (SSSR count). The van der Waals surface area contributed by atoms with Crippen molar-refractivity contribution in [2.45, 2.75) is 20.0 Å². The average Bonchev–Trinajstić information content (AvgIpc) is 1.85. The number of carbonyl (C=O) groups is 2. The third-order valence-corrected chi connectivity index (χ3v) is 1.60. The molecule has 0 aliphatic heterocycles. The SMILES string of the molecule is CC(C)[C@H](C(=O)O)C(O)C(=O)O. The van der Waals surface area contributed by atoms with Crippen molar-refractivity contribution in [1.29, 1.82) is 0 Å². The van der Waals surface area contributed by atoms with E-state index >= 15 is 0 Å². The molecular formula is C7H12O5. The zero-order chi connectivity index (χ0) is 9.89. The number of aliphatic carboxylic acids is 2. The molecule has 1 unspecified atom stereocenters. The zero-order valence-electron chi connectivity index (χ0n) is 6.89. The largest absolute Gasteiger partial charge is 0.481 e. The molecule has 0 saturated heterocycles. The number of carboxylic acid groups (broad SMARTS) is 2. The van der Waals surface area contributed by atoms with Crippen molar-refractivity contribution >= 4 is 11.9 Å². The van der Waals surface area contributed by atoms with Gasteiger partial charge in [-0.15, -0.1) is 0 Å². The van der Waals surface area contributed by atoms with E-state index in [2.05, 4.69) is 0 Å². The molecule has 0 heterocycles. The monoisotopic (exact) mass is 176 g/mol. The van der Waals surface area contributed by atoms with Crippen LogP contribution in [0.1, 0.15) is 13.8 Å². The first-order chi connectivity index (χ1) is 5.37. The number of rotatable bonds is 4. The van der Waals surface area contributed by atoms with Gasteiger partial charge in [-0.2, -0.15) is 0 Å². The van der Waals surface area contributed by atoms with Crippen LogP contribution in [0.25, 0.3) is 0 Å². The number of carboxylic acids is 2. The van der Waals surface area contributed by atoms with E-state index in [9.17, 15) is 9.59 Å². The van der Waals surface area contributed by atoms with Gasteiger partial charge in [0, 0.05) is 0 Å². The lowest BCUT2D eigenvalue weighted by atomic mass is 9.90. The van der Waals surface area contributed by atoms with Crippen LogP contribution in [0.5, 0.6) is 0 Å². The van der Waals surface area contributed by atoms with Crippen molar-refractivity contribution in [3.05, 3.63) is 0 Å². The highest BCUT2D eigenvalue weighted by Gasteiger charge is 2.34. The summed E-state index contributed by atoms with van der Waals surface area (Å²) in [6, 6.07) is 0. The van der Waals surface area contributed by atoms with E-state index in [1.54, 1.807) is 13.8 Å². The van der Waals surface area contributed by atoms with Gasteiger partial charge in [0.25, 0.3) is 0 Å². The minimum atomic E-state index is -1.83. The first-order valence-electron chi connectivity index (χ1n) is 3.51. The maximum Gasteiger partial charge on any atom is 0.333 e. The van der Waals surface area contributed by atoms with Crippen LogP contribution in [0, 0.1) is 11.8 Å². The fourth-order valence-corrected chi connectivity index (χ4v) is 0.938. The second-order valence-corrected chi connectivity index (χ2v) is 2.89. The lowest BCUT2D eigenvalue weighted by Gasteiger charge is -2.18. The number of hydrogen-bond donors (Lipinski definition) is 3. The van der Waals surface area contributed by atoms with Gasteiger partial charge in [0.2, 0.25) is 0 Å². The first kappa shape index (κ1) is 10.9. The quantitative estimate of drug-likeness (QED) is 0.550. The van der Waals surface area contributed by atoms with Crippen molar-refractivity contribution < 1.29 is 24.9 Å². The predicted octanol–water partition coefficient (Wildman–Crippen LogP) is -0.211. The summed E-state index contributed by atoms with van der Waals surface area (Å²) in [4.78, 5) is 20.7. The highest BCUT2D eigenvalue weighted by Crippen LogP contribution is 2.15. The minimum Gasteiger partial charge on any atom is -0.481 e. The third kappa shape index (κ3) is 2.50. The van der Waals surface area contributed by atoms with Crippen molar-refractivity contribution in [2.75, 3.05) is 0 Å². The Balaban J connectivity index is 4.51. The van der Waals surface area contributed by atoms with Crippen LogP contribution in [0.15, 0.2) is 0 Å². The van der Waals surface area contributed by atoms with Crippen LogP contribution < -0.4 is 0 Å². The molecule has 12 heavy (non-hydrogen) atoms. The standard InChI is InChI=1S/C7H12O5/c1-3(2)4(6(9)10)5(8)7(11)12/h3-5,8H,1-2H3,(H,9,10)(H,11,12)/t4-,5?/m0/s1. The van der Waals surface area contributed by atoms with E-state index in [0.29, 0.717) is 0 Å². The second kappa shape index (κ2) is 4.06. The van der Waals surface area contributed by atoms with E-state index in [1.807, 2.05) is 0 Å². The molecule has 0 fully saturated rings. The summed E-state index contributed by atoms with van der Waals surface area (Å²) < 4.78 is 0. The Kier molecular flexibility index (Phi) is 3.69. The van der Waals surface area contributed by atoms with Gasteiger partial charge in [-0.05, 0) is 5.92 Å². The van der Waals surface area contributed by atoms with Crippen molar-refractivity contribution in [3.8, 4) is 0 Å². The van der Waals surface area contributed by atoms with Crippen molar-refractivity contribution in [3.63, 3.8) is 0 Å². The van der Waals surface area contributed by atoms with Crippen LogP contribution in [-0.4, -0.2) is 33.4 Å². The summed E-state index contributed by atoms with van der Waals surface area (Å²) in [5.41, 5.74) is 0.